The van der Waals surface area contributed by atoms with Crippen LogP contribution in [-0.2, 0) is 22.7 Å². The summed E-state index contributed by atoms with van der Waals surface area (Å²) < 4.78 is 5.49. The first-order valence-electron chi connectivity index (χ1n) is 10.7. The topological polar surface area (TPSA) is 141 Å². The van der Waals surface area contributed by atoms with Crippen molar-refractivity contribution >= 4 is 18.0 Å². The van der Waals surface area contributed by atoms with Gasteiger partial charge >= 0.3 is 6.01 Å². The Morgan fingerprint density at radius 3 is 2.25 bits per heavy atom. The van der Waals surface area contributed by atoms with E-state index >= 15 is 0 Å². The number of hydrogen-bond acceptors (Lipinski definition) is 8. The third kappa shape index (κ3) is 13.3. The van der Waals surface area contributed by atoms with Crippen LogP contribution in [0.1, 0.15) is 44.6 Å². The van der Waals surface area contributed by atoms with Crippen LogP contribution in [0.3, 0.4) is 0 Å². The van der Waals surface area contributed by atoms with Gasteiger partial charge in [0.25, 0.3) is 11.9 Å². The molecule has 3 rings (SSSR count). The van der Waals surface area contributed by atoms with Crippen LogP contribution in [0.5, 0.6) is 0 Å². The van der Waals surface area contributed by atoms with E-state index in [4.69, 9.17) is 24.2 Å². The highest BCUT2D eigenvalue weighted by atomic mass is 16.4. The van der Waals surface area contributed by atoms with E-state index in [1.807, 2.05) is 7.05 Å². The third-order valence-electron chi connectivity index (χ3n) is 4.58. The predicted molar refractivity (Wildman–Crippen MR) is 121 cm³/mol. The molecule has 0 amide bonds. The van der Waals surface area contributed by atoms with Crippen molar-refractivity contribution in [2.45, 2.75) is 46.2 Å². The van der Waals surface area contributed by atoms with E-state index in [0.717, 1.165) is 39.3 Å². The van der Waals surface area contributed by atoms with E-state index < -0.39 is 11.9 Å². The lowest BCUT2D eigenvalue weighted by atomic mass is 9.93. The molecule has 1 aliphatic rings. The Kier molecular flexibility index (Phi) is 13.3. The molecule has 10 heteroatoms. The molecule has 0 unspecified atom stereocenters. The minimum Gasteiger partial charge on any atom is -0.481 e. The molecule has 2 aromatic rings. The van der Waals surface area contributed by atoms with Crippen LogP contribution < -0.4 is 10.6 Å². The van der Waals surface area contributed by atoms with Crippen LogP contribution in [0.4, 0.5) is 6.01 Å². The standard InChI is InChI=1S/C18H27N5O.2C2H4O2/c1-19-13-17-21-22-18(24-17)20-10-7-15-8-11-23(12-9-15)14-16-5-3-2-4-6-16;2*1-2(3)4/h2-6,15,19H,7-14H2,1H3,(H,20,22);2*1H3,(H,3,4). The van der Waals surface area contributed by atoms with E-state index in [-0.39, 0.29) is 0 Å². The fraction of sp³-hybridized carbons (Fsp3) is 0.545. The zero-order chi connectivity index (χ0) is 23.8. The number of carboxylic acid groups (broad SMARTS) is 2. The Morgan fingerprint density at radius 2 is 1.69 bits per heavy atom. The molecule has 1 aliphatic heterocycles. The second-order valence-electron chi connectivity index (χ2n) is 7.49. The summed E-state index contributed by atoms with van der Waals surface area (Å²) in [7, 11) is 1.86. The molecule has 32 heavy (non-hydrogen) atoms. The third-order valence-corrected chi connectivity index (χ3v) is 4.58. The van der Waals surface area contributed by atoms with Gasteiger partial charge in [0, 0.05) is 26.9 Å². The normalized spacial score (nSPS) is 13.8. The largest absolute Gasteiger partial charge is 0.481 e. The number of piperidine rings is 1. The number of carbonyl (C=O) groups is 2. The quantitative estimate of drug-likeness (QED) is 0.475. The number of nitrogens with one attached hydrogen (secondary N) is 2. The highest BCUT2D eigenvalue weighted by molar-refractivity contribution is 5.63. The monoisotopic (exact) mass is 449 g/mol. The van der Waals surface area contributed by atoms with Gasteiger partial charge in [-0.1, -0.05) is 35.4 Å². The molecule has 178 valence electrons. The molecular weight excluding hydrogens is 414 g/mol. The maximum Gasteiger partial charge on any atom is 0.315 e. The molecule has 4 N–H and O–H groups in total. The molecule has 0 bridgehead atoms. The summed E-state index contributed by atoms with van der Waals surface area (Å²) in [6.45, 7) is 7.11. The summed E-state index contributed by atoms with van der Waals surface area (Å²) in [6.07, 6.45) is 3.69. The zero-order valence-electron chi connectivity index (χ0n) is 19.1. The molecule has 0 atom stereocenters. The Bertz CT molecular complexity index is 756. The molecule has 1 fully saturated rings. The van der Waals surface area contributed by atoms with Crippen molar-refractivity contribution in [3.63, 3.8) is 0 Å². The lowest BCUT2D eigenvalue weighted by Crippen LogP contribution is -2.33. The van der Waals surface area contributed by atoms with Crippen molar-refractivity contribution in [1.29, 1.82) is 0 Å². The Hall–Kier alpha value is -2.98. The summed E-state index contributed by atoms with van der Waals surface area (Å²) in [5.41, 5.74) is 1.41. The number of likely N-dealkylation sites (tertiary alicyclic amines) is 1. The van der Waals surface area contributed by atoms with Gasteiger partial charge in [0.2, 0.25) is 5.89 Å². The zero-order valence-corrected chi connectivity index (χ0v) is 19.1. The highest BCUT2D eigenvalue weighted by Crippen LogP contribution is 2.22. The van der Waals surface area contributed by atoms with Crippen molar-refractivity contribution in [2.24, 2.45) is 5.92 Å². The van der Waals surface area contributed by atoms with Crippen LogP contribution in [0.2, 0.25) is 0 Å². The van der Waals surface area contributed by atoms with E-state index in [2.05, 4.69) is 56.1 Å². The number of anilines is 1. The molecule has 1 aromatic heterocycles. The van der Waals surface area contributed by atoms with Crippen molar-refractivity contribution in [3.05, 3.63) is 41.8 Å². The SMILES string of the molecule is CC(=O)O.CC(=O)O.CNCc1nnc(NCCC2CCN(Cc3ccccc3)CC2)o1. The van der Waals surface area contributed by atoms with Crippen molar-refractivity contribution in [1.82, 2.24) is 20.4 Å². The molecule has 0 saturated carbocycles. The average Bonchev–Trinajstić information content (AvgIpc) is 3.17. The summed E-state index contributed by atoms with van der Waals surface area (Å²) >= 11 is 0. The molecule has 10 nitrogen and oxygen atoms in total. The molecule has 2 heterocycles. The second-order valence-corrected chi connectivity index (χ2v) is 7.49. The second kappa shape index (κ2) is 15.8. The molecule has 0 spiro atoms. The van der Waals surface area contributed by atoms with Gasteiger partial charge < -0.3 is 25.3 Å². The van der Waals surface area contributed by atoms with Crippen molar-refractivity contribution < 1.29 is 24.2 Å². The number of aromatic nitrogens is 2. The lowest BCUT2D eigenvalue weighted by Gasteiger charge is -2.32. The molecule has 0 radical (unpaired) electrons. The fourth-order valence-corrected chi connectivity index (χ4v) is 3.21. The minimum absolute atomic E-state index is 0.529. The van der Waals surface area contributed by atoms with Crippen LogP contribution >= 0.6 is 0 Å². The average molecular weight is 450 g/mol. The number of benzene rings is 1. The minimum atomic E-state index is -0.833. The van der Waals surface area contributed by atoms with Gasteiger partial charge in [0.1, 0.15) is 0 Å². The fourth-order valence-electron chi connectivity index (χ4n) is 3.21. The van der Waals surface area contributed by atoms with Crippen molar-refractivity contribution in [3.8, 4) is 0 Å². The van der Waals surface area contributed by atoms with E-state index in [1.54, 1.807) is 0 Å². The Balaban J connectivity index is 0.000000554. The van der Waals surface area contributed by atoms with Gasteiger partial charge in [-0.3, -0.25) is 14.5 Å². The van der Waals surface area contributed by atoms with Crippen LogP contribution in [0.25, 0.3) is 0 Å². The van der Waals surface area contributed by atoms with Crippen LogP contribution in [0.15, 0.2) is 34.7 Å². The van der Waals surface area contributed by atoms with E-state index in [0.29, 0.717) is 18.5 Å². The summed E-state index contributed by atoms with van der Waals surface area (Å²) in [5.74, 6) is -0.265. The molecule has 0 aliphatic carbocycles. The van der Waals surface area contributed by atoms with E-state index in [1.165, 1.54) is 31.5 Å². The first-order chi connectivity index (χ1) is 15.3. The van der Waals surface area contributed by atoms with Gasteiger partial charge in [-0.25, -0.2) is 0 Å². The van der Waals surface area contributed by atoms with Crippen LogP contribution in [0, 0.1) is 5.92 Å². The highest BCUT2D eigenvalue weighted by Gasteiger charge is 2.19. The predicted octanol–water partition coefficient (Wildman–Crippen LogP) is 2.69. The van der Waals surface area contributed by atoms with Gasteiger partial charge in [-0.05, 0) is 50.9 Å². The summed E-state index contributed by atoms with van der Waals surface area (Å²) in [4.78, 5) is 20.6. The summed E-state index contributed by atoms with van der Waals surface area (Å²) in [5, 5.41) is 29.0. The number of hydrogen-bond donors (Lipinski definition) is 4. The number of rotatable bonds is 8. The number of nitrogens with zero attached hydrogens (tertiary/aromatic N) is 3. The van der Waals surface area contributed by atoms with Gasteiger partial charge in [-0.15, -0.1) is 5.10 Å². The smallest absolute Gasteiger partial charge is 0.315 e. The molecular formula is C22H35N5O5. The van der Waals surface area contributed by atoms with Crippen molar-refractivity contribution in [2.75, 3.05) is 32.0 Å². The molecule has 1 saturated heterocycles. The van der Waals surface area contributed by atoms with Gasteiger partial charge in [0.05, 0.1) is 6.54 Å². The first-order valence-corrected chi connectivity index (χ1v) is 10.7. The maximum absolute atomic E-state index is 9.00. The Labute approximate surface area is 189 Å². The maximum atomic E-state index is 9.00. The lowest BCUT2D eigenvalue weighted by molar-refractivity contribution is -0.135. The van der Waals surface area contributed by atoms with Crippen LogP contribution in [-0.4, -0.2) is 63.9 Å². The molecule has 1 aromatic carbocycles. The number of carboxylic acids is 2. The Morgan fingerprint density at radius 1 is 1.09 bits per heavy atom. The van der Waals surface area contributed by atoms with Gasteiger partial charge in [-0.2, -0.15) is 0 Å². The number of aliphatic carboxylic acids is 2. The first kappa shape index (κ1) is 27.1. The van der Waals surface area contributed by atoms with Gasteiger partial charge in [0.15, 0.2) is 0 Å². The van der Waals surface area contributed by atoms with E-state index in [9.17, 15) is 0 Å². The summed E-state index contributed by atoms with van der Waals surface area (Å²) in [6, 6.07) is 11.3.